The molecule has 0 aliphatic carbocycles. The molecule has 1 heterocycles. The van der Waals surface area contributed by atoms with Gasteiger partial charge >= 0.3 is 5.97 Å². The maximum Gasteiger partial charge on any atom is 0.329 e. The van der Waals surface area contributed by atoms with E-state index in [1.54, 1.807) is 31.2 Å². The first-order chi connectivity index (χ1) is 11.0. The molecule has 2 rings (SSSR count). The van der Waals surface area contributed by atoms with Gasteiger partial charge in [0.1, 0.15) is 17.0 Å². The summed E-state index contributed by atoms with van der Waals surface area (Å²) >= 11 is 0. The molecule has 0 saturated carbocycles. The van der Waals surface area contributed by atoms with Crippen LogP contribution in [-0.4, -0.2) is 47.2 Å². The maximum absolute atomic E-state index is 12.3. The van der Waals surface area contributed by atoms with Crippen molar-refractivity contribution in [1.29, 1.82) is 0 Å². The summed E-state index contributed by atoms with van der Waals surface area (Å²) in [5.41, 5.74) is -1.13. The Balaban J connectivity index is 1.90. The number of likely N-dealkylation sites (tertiary alicyclic amines) is 1. The monoisotopic (exact) mass is 321 g/mol. The van der Waals surface area contributed by atoms with Crippen LogP contribution in [0, 0.1) is 0 Å². The van der Waals surface area contributed by atoms with Crippen LogP contribution in [0.25, 0.3) is 0 Å². The topological polar surface area (TPSA) is 76.1 Å². The first kappa shape index (κ1) is 17.1. The average Bonchev–Trinajstić information content (AvgIpc) is 2.95. The summed E-state index contributed by atoms with van der Waals surface area (Å²) in [4.78, 5) is 25.0. The highest BCUT2D eigenvalue weighted by molar-refractivity contribution is 5.88. The average molecular weight is 321 g/mol. The Morgan fingerprint density at radius 2 is 1.83 bits per heavy atom. The van der Waals surface area contributed by atoms with Gasteiger partial charge in [-0.2, -0.15) is 0 Å². The fraction of sp³-hybridized carbons (Fsp3) is 0.529. The quantitative estimate of drug-likeness (QED) is 0.834. The first-order valence-corrected chi connectivity index (χ1v) is 7.87. The zero-order valence-electron chi connectivity index (χ0n) is 13.6. The van der Waals surface area contributed by atoms with Crippen LogP contribution < -0.4 is 9.47 Å². The van der Waals surface area contributed by atoms with E-state index in [0.29, 0.717) is 31.7 Å². The number of nitrogens with zero attached hydrogens (tertiary/aromatic N) is 1. The molecule has 6 nitrogen and oxygen atoms in total. The lowest BCUT2D eigenvalue weighted by Gasteiger charge is -2.31. The minimum atomic E-state index is -1.13. The second-order valence-corrected chi connectivity index (χ2v) is 5.84. The second-order valence-electron chi connectivity index (χ2n) is 5.84. The van der Waals surface area contributed by atoms with Crippen molar-refractivity contribution in [2.75, 3.05) is 19.8 Å². The Hall–Kier alpha value is -2.24. The van der Waals surface area contributed by atoms with Crippen LogP contribution in [-0.2, 0) is 9.59 Å². The van der Waals surface area contributed by atoms with Crippen LogP contribution >= 0.6 is 0 Å². The second kappa shape index (κ2) is 7.35. The van der Waals surface area contributed by atoms with Crippen LogP contribution in [0.1, 0.15) is 33.1 Å². The molecular formula is C17H23NO5. The van der Waals surface area contributed by atoms with E-state index in [1.807, 2.05) is 6.92 Å². The SMILES string of the molecule is CCCOc1ccc(OCC(=O)N2CCCC2(C)C(=O)O)cc1. The molecule has 0 aromatic heterocycles. The molecule has 1 amide bonds. The highest BCUT2D eigenvalue weighted by Crippen LogP contribution is 2.29. The normalized spacial score (nSPS) is 20.3. The Morgan fingerprint density at radius 1 is 1.22 bits per heavy atom. The molecule has 126 valence electrons. The van der Waals surface area contributed by atoms with Crippen LogP contribution in [0.2, 0.25) is 0 Å². The van der Waals surface area contributed by atoms with E-state index in [2.05, 4.69) is 0 Å². The third-order valence-corrected chi connectivity index (χ3v) is 4.06. The van der Waals surface area contributed by atoms with Crippen molar-refractivity contribution in [2.24, 2.45) is 0 Å². The molecule has 23 heavy (non-hydrogen) atoms. The van der Waals surface area contributed by atoms with Gasteiger partial charge in [0, 0.05) is 6.54 Å². The number of carboxylic acid groups (broad SMARTS) is 1. The Labute approximate surface area is 136 Å². The molecule has 0 spiro atoms. The highest BCUT2D eigenvalue weighted by atomic mass is 16.5. The fourth-order valence-electron chi connectivity index (χ4n) is 2.66. The van der Waals surface area contributed by atoms with Gasteiger partial charge in [0.05, 0.1) is 6.61 Å². The van der Waals surface area contributed by atoms with E-state index in [9.17, 15) is 14.7 Å². The van der Waals surface area contributed by atoms with Crippen molar-refractivity contribution in [3.63, 3.8) is 0 Å². The van der Waals surface area contributed by atoms with Gasteiger partial charge in [-0.1, -0.05) is 6.92 Å². The van der Waals surface area contributed by atoms with Crippen molar-refractivity contribution in [3.05, 3.63) is 24.3 Å². The first-order valence-electron chi connectivity index (χ1n) is 7.87. The van der Waals surface area contributed by atoms with E-state index >= 15 is 0 Å². The molecule has 1 saturated heterocycles. The van der Waals surface area contributed by atoms with Crippen LogP contribution in [0.4, 0.5) is 0 Å². The molecule has 1 aromatic carbocycles. The summed E-state index contributed by atoms with van der Waals surface area (Å²) in [5.74, 6) is 0.0291. The van der Waals surface area contributed by atoms with Gasteiger partial charge in [-0.25, -0.2) is 4.79 Å². The molecule has 6 heteroatoms. The van der Waals surface area contributed by atoms with Crippen molar-refractivity contribution in [2.45, 2.75) is 38.6 Å². The van der Waals surface area contributed by atoms with E-state index in [4.69, 9.17) is 9.47 Å². The fourth-order valence-corrected chi connectivity index (χ4v) is 2.66. The number of hydrogen-bond donors (Lipinski definition) is 1. The largest absolute Gasteiger partial charge is 0.494 e. The molecule has 1 unspecified atom stereocenters. The number of carbonyl (C=O) groups excluding carboxylic acids is 1. The minimum Gasteiger partial charge on any atom is -0.494 e. The summed E-state index contributed by atoms with van der Waals surface area (Å²) in [7, 11) is 0. The van der Waals surface area contributed by atoms with Gasteiger partial charge in [-0.05, 0) is 50.5 Å². The van der Waals surface area contributed by atoms with Gasteiger partial charge in [0.25, 0.3) is 5.91 Å². The lowest BCUT2D eigenvalue weighted by molar-refractivity contribution is -0.156. The van der Waals surface area contributed by atoms with Crippen LogP contribution in [0.15, 0.2) is 24.3 Å². The third kappa shape index (κ3) is 3.94. The highest BCUT2D eigenvalue weighted by Gasteiger charge is 2.45. The molecule has 1 N–H and O–H groups in total. The van der Waals surface area contributed by atoms with Crippen LogP contribution in [0.5, 0.6) is 11.5 Å². The number of ether oxygens (including phenoxy) is 2. The third-order valence-electron chi connectivity index (χ3n) is 4.06. The Bertz CT molecular complexity index is 557. The predicted octanol–water partition coefficient (Wildman–Crippen LogP) is 2.32. The lowest BCUT2D eigenvalue weighted by Crippen LogP contribution is -2.52. The summed E-state index contributed by atoms with van der Waals surface area (Å²) in [6.07, 6.45) is 2.10. The molecule has 1 fully saturated rings. The Kier molecular flexibility index (Phi) is 5.47. The van der Waals surface area contributed by atoms with Crippen LogP contribution in [0.3, 0.4) is 0 Å². The lowest BCUT2D eigenvalue weighted by atomic mass is 9.99. The van der Waals surface area contributed by atoms with E-state index in [0.717, 1.165) is 12.2 Å². The predicted molar refractivity (Wildman–Crippen MR) is 84.7 cm³/mol. The van der Waals surface area contributed by atoms with Gasteiger partial charge in [-0.15, -0.1) is 0 Å². The number of amides is 1. The van der Waals surface area contributed by atoms with Gasteiger partial charge in [0.15, 0.2) is 6.61 Å². The van der Waals surface area contributed by atoms with E-state index < -0.39 is 11.5 Å². The summed E-state index contributed by atoms with van der Waals surface area (Å²) in [5, 5.41) is 9.33. The van der Waals surface area contributed by atoms with Gasteiger partial charge < -0.3 is 19.5 Å². The summed E-state index contributed by atoms with van der Waals surface area (Å²) in [6, 6.07) is 7.04. The van der Waals surface area contributed by atoms with Crippen molar-refractivity contribution >= 4 is 11.9 Å². The van der Waals surface area contributed by atoms with E-state index in [1.165, 1.54) is 4.90 Å². The minimum absolute atomic E-state index is 0.169. The zero-order valence-corrected chi connectivity index (χ0v) is 13.6. The van der Waals surface area contributed by atoms with Crippen molar-refractivity contribution in [1.82, 2.24) is 4.90 Å². The molecule has 0 radical (unpaired) electrons. The molecular weight excluding hydrogens is 298 g/mol. The number of carbonyl (C=O) groups is 2. The Morgan fingerprint density at radius 3 is 2.39 bits per heavy atom. The standard InChI is InChI=1S/C17H23NO5/c1-3-11-22-13-5-7-14(8-6-13)23-12-15(19)18-10-4-9-17(18,2)16(20)21/h5-8H,3-4,9-12H2,1-2H3,(H,20,21). The number of rotatable bonds is 7. The van der Waals surface area contributed by atoms with Gasteiger partial charge in [0.2, 0.25) is 0 Å². The summed E-state index contributed by atoms with van der Waals surface area (Å²) < 4.78 is 10.9. The molecule has 1 aliphatic heterocycles. The van der Waals surface area contributed by atoms with E-state index in [-0.39, 0.29) is 12.5 Å². The van der Waals surface area contributed by atoms with Crippen molar-refractivity contribution < 1.29 is 24.2 Å². The molecule has 1 aromatic rings. The van der Waals surface area contributed by atoms with Crippen molar-refractivity contribution in [3.8, 4) is 11.5 Å². The number of carboxylic acids is 1. The molecule has 1 aliphatic rings. The molecule has 1 atom stereocenters. The number of aliphatic carboxylic acids is 1. The number of hydrogen-bond acceptors (Lipinski definition) is 4. The maximum atomic E-state index is 12.3. The number of benzene rings is 1. The summed E-state index contributed by atoms with van der Waals surface area (Å²) in [6.45, 7) is 4.56. The zero-order chi connectivity index (χ0) is 16.9. The molecule has 0 bridgehead atoms. The van der Waals surface area contributed by atoms with Gasteiger partial charge in [-0.3, -0.25) is 4.79 Å². The smallest absolute Gasteiger partial charge is 0.329 e.